The molecule has 8 nitrogen and oxygen atoms in total. The second-order valence-electron chi connectivity index (χ2n) is 5.41. The van der Waals surface area contributed by atoms with E-state index < -0.39 is 16.9 Å². The van der Waals surface area contributed by atoms with E-state index in [0.717, 1.165) is 0 Å². The summed E-state index contributed by atoms with van der Waals surface area (Å²) in [7, 11) is 0. The number of nitrogens with zero attached hydrogens (tertiary/aromatic N) is 1. The van der Waals surface area contributed by atoms with Crippen molar-refractivity contribution < 1.29 is 19.6 Å². The van der Waals surface area contributed by atoms with Gasteiger partial charge in [-0.2, -0.15) is 0 Å². The second-order valence-corrected chi connectivity index (χ2v) is 6.26. The summed E-state index contributed by atoms with van der Waals surface area (Å²) >= 11 is 3.08. The molecule has 0 aromatic heterocycles. The number of benzene rings is 1. The maximum Gasteiger partial charge on any atom is 0.319 e. The number of nitrogens with one attached hydrogen (secondary N) is 2. The summed E-state index contributed by atoms with van der Waals surface area (Å²) in [5, 5.41) is 25.1. The number of aliphatic carboxylic acids is 1. The number of nitro groups is 1. The Hall–Kier alpha value is -2.16. The molecule has 0 radical (unpaired) electrons. The lowest BCUT2D eigenvalue weighted by Crippen LogP contribution is -2.40. The first-order valence-corrected chi connectivity index (χ1v) is 7.90. The molecule has 124 valence electrons. The number of carboxylic acid groups (broad SMARTS) is 1. The Kier molecular flexibility index (Phi) is 5.54. The molecule has 0 saturated heterocycles. The summed E-state index contributed by atoms with van der Waals surface area (Å²) in [4.78, 5) is 33.1. The number of nitro benzene ring substituents is 1. The van der Waals surface area contributed by atoms with Crippen molar-refractivity contribution in [1.29, 1.82) is 0 Å². The van der Waals surface area contributed by atoms with Crippen molar-refractivity contribution in [2.24, 2.45) is 5.92 Å². The monoisotopic (exact) mass is 385 g/mol. The Morgan fingerprint density at radius 2 is 1.91 bits per heavy atom. The first kappa shape index (κ1) is 17.2. The Morgan fingerprint density at radius 1 is 1.26 bits per heavy atom. The van der Waals surface area contributed by atoms with Crippen LogP contribution in [0.3, 0.4) is 0 Å². The van der Waals surface area contributed by atoms with Crippen LogP contribution in [0.15, 0.2) is 22.7 Å². The van der Waals surface area contributed by atoms with E-state index in [9.17, 15) is 19.7 Å². The van der Waals surface area contributed by atoms with Gasteiger partial charge in [-0.1, -0.05) is 0 Å². The molecule has 1 aliphatic rings. The highest BCUT2D eigenvalue weighted by Gasteiger charge is 2.26. The number of amides is 2. The van der Waals surface area contributed by atoms with Gasteiger partial charge in [0.05, 0.1) is 15.3 Å². The van der Waals surface area contributed by atoms with Gasteiger partial charge in [0.15, 0.2) is 0 Å². The molecule has 2 amide bonds. The molecular weight excluding hydrogens is 370 g/mol. The van der Waals surface area contributed by atoms with E-state index in [4.69, 9.17) is 5.11 Å². The summed E-state index contributed by atoms with van der Waals surface area (Å²) in [6, 6.07) is 3.77. The molecular formula is C14H16BrN3O5. The molecule has 9 heteroatoms. The van der Waals surface area contributed by atoms with Crippen LogP contribution in [0.4, 0.5) is 16.2 Å². The van der Waals surface area contributed by atoms with Crippen molar-refractivity contribution in [2.45, 2.75) is 31.7 Å². The highest BCUT2D eigenvalue weighted by atomic mass is 79.9. The minimum absolute atomic E-state index is 0.0870. The van der Waals surface area contributed by atoms with Gasteiger partial charge in [0.2, 0.25) is 0 Å². The van der Waals surface area contributed by atoms with Crippen LogP contribution in [0.5, 0.6) is 0 Å². The van der Waals surface area contributed by atoms with Crippen molar-refractivity contribution in [3.63, 3.8) is 0 Å². The van der Waals surface area contributed by atoms with E-state index in [-0.39, 0.29) is 17.6 Å². The minimum Gasteiger partial charge on any atom is -0.481 e. The van der Waals surface area contributed by atoms with Gasteiger partial charge in [-0.15, -0.1) is 0 Å². The van der Waals surface area contributed by atoms with Crippen LogP contribution >= 0.6 is 15.9 Å². The number of carbonyl (C=O) groups is 2. The number of urea groups is 1. The maximum atomic E-state index is 11.9. The van der Waals surface area contributed by atoms with Crippen LogP contribution in [0.2, 0.25) is 0 Å². The van der Waals surface area contributed by atoms with Crippen molar-refractivity contribution in [1.82, 2.24) is 5.32 Å². The molecule has 2 rings (SSSR count). The van der Waals surface area contributed by atoms with E-state index in [1.807, 2.05) is 0 Å². The van der Waals surface area contributed by atoms with E-state index >= 15 is 0 Å². The summed E-state index contributed by atoms with van der Waals surface area (Å²) in [6.45, 7) is 0. The first-order chi connectivity index (χ1) is 10.9. The number of hydrogen-bond acceptors (Lipinski definition) is 4. The third-order valence-corrected chi connectivity index (χ3v) is 4.48. The van der Waals surface area contributed by atoms with Crippen LogP contribution in [0, 0.1) is 16.0 Å². The molecule has 1 saturated carbocycles. The summed E-state index contributed by atoms with van der Waals surface area (Å²) < 4.78 is 0.334. The lowest BCUT2D eigenvalue weighted by Gasteiger charge is -2.26. The molecule has 0 bridgehead atoms. The molecule has 0 aliphatic heterocycles. The fraction of sp³-hybridized carbons (Fsp3) is 0.429. The average molecular weight is 386 g/mol. The summed E-state index contributed by atoms with van der Waals surface area (Å²) in [5.41, 5.74) is 0.182. The molecule has 23 heavy (non-hydrogen) atoms. The number of carboxylic acids is 1. The van der Waals surface area contributed by atoms with Crippen molar-refractivity contribution in [3.05, 3.63) is 32.8 Å². The molecule has 0 atom stereocenters. The molecule has 1 aromatic rings. The zero-order valence-corrected chi connectivity index (χ0v) is 13.7. The zero-order chi connectivity index (χ0) is 17.0. The van der Waals surface area contributed by atoms with E-state index in [1.165, 1.54) is 12.1 Å². The summed E-state index contributed by atoms with van der Waals surface area (Å²) in [6.07, 6.45) is 2.27. The van der Waals surface area contributed by atoms with Crippen molar-refractivity contribution in [2.75, 3.05) is 5.32 Å². The largest absolute Gasteiger partial charge is 0.481 e. The number of halogens is 1. The lowest BCUT2D eigenvalue weighted by atomic mass is 9.86. The average Bonchev–Trinajstić information content (AvgIpc) is 2.49. The minimum atomic E-state index is -0.796. The highest BCUT2D eigenvalue weighted by Crippen LogP contribution is 2.28. The van der Waals surface area contributed by atoms with Gasteiger partial charge in [-0.25, -0.2) is 4.79 Å². The Morgan fingerprint density at radius 3 is 2.48 bits per heavy atom. The van der Waals surface area contributed by atoms with Gasteiger partial charge in [-0.3, -0.25) is 14.9 Å². The molecule has 0 spiro atoms. The number of carbonyl (C=O) groups excluding carboxylic acids is 1. The van der Waals surface area contributed by atoms with Crippen LogP contribution in [0.1, 0.15) is 25.7 Å². The van der Waals surface area contributed by atoms with Crippen LogP contribution in [-0.4, -0.2) is 28.1 Å². The number of anilines is 1. The molecule has 0 unspecified atom stereocenters. The predicted octanol–water partition coefficient (Wildman–Crippen LogP) is 3.12. The van der Waals surface area contributed by atoms with Gasteiger partial charge in [-0.05, 0) is 53.7 Å². The van der Waals surface area contributed by atoms with Gasteiger partial charge in [0.1, 0.15) is 0 Å². The van der Waals surface area contributed by atoms with Crippen LogP contribution in [-0.2, 0) is 4.79 Å². The molecule has 3 N–H and O–H groups in total. The Balaban J connectivity index is 1.89. The molecule has 1 fully saturated rings. The topological polar surface area (TPSA) is 122 Å². The van der Waals surface area contributed by atoms with Crippen molar-refractivity contribution in [3.8, 4) is 0 Å². The van der Waals surface area contributed by atoms with Crippen molar-refractivity contribution >= 4 is 39.3 Å². The second kappa shape index (κ2) is 7.40. The molecule has 1 aliphatic carbocycles. The van der Waals surface area contributed by atoms with Gasteiger partial charge >= 0.3 is 12.0 Å². The first-order valence-electron chi connectivity index (χ1n) is 7.11. The fourth-order valence-corrected chi connectivity index (χ4v) is 2.96. The standard InChI is InChI=1S/C14H16BrN3O5/c15-11-6-5-10(7-12(11)18(22)23)17-14(21)16-9-3-1-8(2-4-9)13(19)20/h5-9H,1-4H2,(H,19,20)(H2,16,17,21). The maximum absolute atomic E-state index is 11.9. The quantitative estimate of drug-likeness (QED) is 0.542. The third-order valence-electron chi connectivity index (χ3n) is 3.81. The predicted molar refractivity (Wildman–Crippen MR) is 86.3 cm³/mol. The highest BCUT2D eigenvalue weighted by molar-refractivity contribution is 9.10. The van der Waals surface area contributed by atoms with Gasteiger partial charge in [0.25, 0.3) is 5.69 Å². The van der Waals surface area contributed by atoms with E-state index in [2.05, 4.69) is 26.6 Å². The molecule has 0 heterocycles. The zero-order valence-electron chi connectivity index (χ0n) is 12.1. The number of rotatable bonds is 4. The van der Waals surface area contributed by atoms with E-state index in [1.54, 1.807) is 6.07 Å². The smallest absolute Gasteiger partial charge is 0.319 e. The van der Waals surface area contributed by atoms with E-state index in [0.29, 0.717) is 35.8 Å². The lowest BCUT2D eigenvalue weighted by molar-refractivity contribution is -0.385. The number of hydrogen-bond donors (Lipinski definition) is 3. The molecule has 1 aromatic carbocycles. The van der Waals surface area contributed by atoms with Gasteiger partial charge in [0, 0.05) is 17.8 Å². The SMILES string of the molecule is O=C(Nc1ccc(Br)c([N+](=O)[O-])c1)NC1CCC(C(=O)O)CC1. The van der Waals surface area contributed by atoms with Crippen LogP contribution < -0.4 is 10.6 Å². The third kappa shape index (κ3) is 4.65. The fourth-order valence-electron chi connectivity index (χ4n) is 2.57. The Labute approximate surface area is 140 Å². The Bertz CT molecular complexity index is 629. The van der Waals surface area contributed by atoms with Gasteiger partial charge < -0.3 is 15.7 Å². The van der Waals surface area contributed by atoms with Crippen LogP contribution in [0.25, 0.3) is 0 Å². The summed E-state index contributed by atoms with van der Waals surface area (Å²) in [5.74, 6) is -1.14. The normalized spacial score (nSPS) is 20.6.